The van der Waals surface area contributed by atoms with Gasteiger partial charge in [0.2, 0.25) is 11.0 Å². The molecule has 0 bridgehead atoms. The van der Waals surface area contributed by atoms with Gasteiger partial charge in [-0.25, -0.2) is 0 Å². The molecular formula is C20H20N4O4S2. The molecule has 0 radical (unpaired) electrons. The van der Waals surface area contributed by atoms with Crippen molar-refractivity contribution < 1.29 is 17.9 Å². The number of rotatable bonds is 8. The summed E-state index contributed by atoms with van der Waals surface area (Å²) in [6.45, 7) is 1.93. The maximum Gasteiger partial charge on any atom is 0.293 e. The standard InChI is InChI=1S/C20H20N4O4S2/c1-3-24(16-10-12-17(28-2)13-11-16)30(26,27)20-23-22-19(29-20)21-18(25)14-9-15-7-5-4-6-8-15/h4-14H,3H2,1-2H3,(H,21,22,25)/b14-9+. The van der Waals surface area contributed by atoms with Crippen molar-refractivity contribution in [3.8, 4) is 5.75 Å². The Morgan fingerprint density at radius 3 is 2.47 bits per heavy atom. The van der Waals surface area contributed by atoms with Crippen molar-refractivity contribution in [3.63, 3.8) is 0 Å². The fourth-order valence-electron chi connectivity index (χ4n) is 2.58. The largest absolute Gasteiger partial charge is 0.497 e. The Morgan fingerprint density at radius 2 is 1.83 bits per heavy atom. The van der Waals surface area contributed by atoms with Gasteiger partial charge >= 0.3 is 0 Å². The highest BCUT2D eigenvalue weighted by Gasteiger charge is 2.28. The van der Waals surface area contributed by atoms with Gasteiger partial charge in [-0.3, -0.25) is 14.4 Å². The quantitative estimate of drug-likeness (QED) is 0.422. The molecule has 10 heteroatoms. The number of amides is 1. The number of carbonyl (C=O) groups excluding carboxylic acids is 1. The minimum absolute atomic E-state index is 0.0991. The lowest BCUT2D eigenvalue weighted by atomic mass is 10.2. The number of benzene rings is 2. The topological polar surface area (TPSA) is 101 Å². The van der Waals surface area contributed by atoms with Crippen molar-refractivity contribution in [2.75, 3.05) is 23.3 Å². The number of nitrogens with one attached hydrogen (secondary N) is 1. The number of hydrogen-bond acceptors (Lipinski definition) is 7. The van der Waals surface area contributed by atoms with Gasteiger partial charge in [-0.1, -0.05) is 41.7 Å². The molecule has 1 N–H and O–H groups in total. The van der Waals surface area contributed by atoms with Crippen molar-refractivity contribution in [1.82, 2.24) is 10.2 Å². The Balaban J connectivity index is 1.74. The summed E-state index contributed by atoms with van der Waals surface area (Å²) in [6.07, 6.45) is 3.00. The molecule has 0 saturated heterocycles. The van der Waals surface area contributed by atoms with Crippen LogP contribution in [0.4, 0.5) is 10.8 Å². The van der Waals surface area contributed by atoms with E-state index in [2.05, 4.69) is 15.5 Å². The number of ether oxygens (including phenoxy) is 1. The first-order valence-electron chi connectivity index (χ1n) is 8.98. The van der Waals surface area contributed by atoms with E-state index in [4.69, 9.17) is 4.74 Å². The number of nitrogens with zero attached hydrogens (tertiary/aromatic N) is 3. The molecule has 1 amide bonds. The highest BCUT2D eigenvalue weighted by atomic mass is 32.2. The van der Waals surface area contributed by atoms with Gasteiger partial charge < -0.3 is 4.74 Å². The van der Waals surface area contributed by atoms with Crippen LogP contribution in [0.3, 0.4) is 0 Å². The summed E-state index contributed by atoms with van der Waals surface area (Å²) < 4.78 is 32.1. The monoisotopic (exact) mass is 444 g/mol. The number of carbonyl (C=O) groups is 1. The summed E-state index contributed by atoms with van der Waals surface area (Å²) in [5.74, 6) is 0.193. The molecular weight excluding hydrogens is 424 g/mol. The van der Waals surface area contributed by atoms with E-state index in [1.165, 1.54) is 17.5 Å². The van der Waals surface area contributed by atoms with Crippen LogP contribution in [-0.2, 0) is 14.8 Å². The number of anilines is 2. The van der Waals surface area contributed by atoms with E-state index in [1.807, 2.05) is 30.3 Å². The van der Waals surface area contributed by atoms with E-state index in [0.29, 0.717) is 11.4 Å². The summed E-state index contributed by atoms with van der Waals surface area (Å²) in [6, 6.07) is 16.0. The number of sulfonamides is 1. The smallest absolute Gasteiger partial charge is 0.293 e. The van der Waals surface area contributed by atoms with Crippen LogP contribution < -0.4 is 14.4 Å². The van der Waals surface area contributed by atoms with Gasteiger partial charge in [-0.05, 0) is 42.8 Å². The lowest BCUT2D eigenvalue weighted by molar-refractivity contribution is -0.111. The van der Waals surface area contributed by atoms with Crippen molar-refractivity contribution in [2.24, 2.45) is 0 Å². The van der Waals surface area contributed by atoms with Crippen LogP contribution >= 0.6 is 11.3 Å². The maximum atomic E-state index is 13.0. The van der Waals surface area contributed by atoms with E-state index in [1.54, 1.807) is 37.3 Å². The van der Waals surface area contributed by atoms with Gasteiger partial charge in [-0.2, -0.15) is 8.42 Å². The van der Waals surface area contributed by atoms with Crippen LogP contribution in [-0.4, -0.2) is 38.2 Å². The van der Waals surface area contributed by atoms with Crippen molar-refractivity contribution in [1.29, 1.82) is 0 Å². The molecule has 0 unspecified atom stereocenters. The van der Waals surface area contributed by atoms with E-state index < -0.39 is 15.9 Å². The summed E-state index contributed by atoms with van der Waals surface area (Å²) >= 11 is 0.793. The number of aromatic nitrogens is 2. The van der Waals surface area contributed by atoms with Gasteiger partial charge in [0, 0.05) is 12.6 Å². The third kappa shape index (κ3) is 5.02. The van der Waals surface area contributed by atoms with Gasteiger partial charge in [0.25, 0.3) is 14.4 Å². The van der Waals surface area contributed by atoms with Crippen molar-refractivity contribution >= 4 is 44.2 Å². The Kier molecular flexibility index (Phi) is 6.80. The molecule has 0 spiro atoms. The molecule has 1 heterocycles. The molecule has 3 aromatic rings. The maximum absolute atomic E-state index is 13.0. The summed E-state index contributed by atoms with van der Waals surface area (Å²) in [5, 5.41) is 10.2. The molecule has 0 aliphatic rings. The minimum Gasteiger partial charge on any atom is -0.497 e. The summed E-state index contributed by atoms with van der Waals surface area (Å²) in [4.78, 5) is 12.1. The third-order valence-corrected chi connectivity index (χ3v) is 7.11. The summed E-state index contributed by atoms with van der Waals surface area (Å²) in [5.41, 5.74) is 1.34. The van der Waals surface area contributed by atoms with E-state index in [0.717, 1.165) is 16.9 Å². The van der Waals surface area contributed by atoms with Gasteiger partial charge in [0.15, 0.2) is 0 Å². The zero-order chi connectivity index (χ0) is 21.6. The van der Waals surface area contributed by atoms with E-state index >= 15 is 0 Å². The Bertz CT molecular complexity index is 1130. The van der Waals surface area contributed by atoms with Crippen LogP contribution in [0.25, 0.3) is 6.08 Å². The van der Waals surface area contributed by atoms with Gasteiger partial charge in [-0.15, -0.1) is 10.2 Å². The molecule has 30 heavy (non-hydrogen) atoms. The van der Waals surface area contributed by atoms with Gasteiger partial charge in [0.05, 0.1) is 12.8 Å². The lowest BCUT2D eigenvalue weighted by Crippen LogP contribution is -2.30. The van der Waals surface area contributed by atoms with E-state index in [9.17, 15) is 13.2 Å². The van der Waals surface area contributed by atoms with E-state index in [-0.39, 0.29) is 16.0 Å². The number of hydrogen-bond donors (Lipinski definition) is 1. The molecule has 1 aromatic heterocycles. The molecule has 0 aliphatic carbocycles. The van der Waals surface area contributed by atoms with Crippen LogP contribution in [0.15, 0.2) is 65.0 Å². The Hall–Kier alpha value is -3.24. The predicted octanol–water partition coefficient (Wildman–Crippen LogP) is 3.41. The second-order valence-electron chi connectivity index (χ2n) is 5.97. The summed E-state index contributed by atoms with van der Waals surface area (Å²) in [7, 11) is -2.39. The molecule has 0 aliphatic heterocycles. The highest BCUT2D eigenvalue weighted by Crippen LogP contribution is 2.28. The Morgan fingerprint density at radius 1 is 1.13 bits per heavy atom. The van der Waals surface area contributed by atoms with Crippen LogP contribution in [0, 0.1) is 0 Å². The molecule has 0 atom stereocenters. The average Bonchev–Trinajstić information content (AvgIpc) is 3.23. The second-order valence-corrected chi connectivity index (χ2v) is 8.99. The van der Waals surface area contributed by atoms with Crippen molar-refractivity contribution in [2.45, 2.75) is 11.3 Å². The zero-order valence-electron chi connectivity index (χ0n) is 16.3. The minimum atomic E-state index is -3.93. The van der Waals surface area contributed by atoms with Gasteiger partial charge in [0.1, 0.15) is 5.75 Å². The molecule has 0 saturated carbocycles. The first kappa shape index (κ1) is 21.5. The van der Waals surface area contributed by atoms with Crippen LogP contribution in [0.1, 0.15) is 12.5 Å². The predicted molar refractivity (Wildman–Crippen MR) is 117 cm³/mol. The second kappa shape index (κ2) is 9.51. The van der Waals surface area contributed by atoms with Crippen molar-refractivity contribution in [3.05, 3.63) is 66.2 Å². The molecule has 8 nitrogen and oxygen atoms in total. The third-order valence-electron chi connectivity index (χ3n) is 4.02. The SMILES string of the molecule is CCN(c1ccc(OC)cc1)S(=O)(=O)c1nnc(NC(=O)/C=C/c2ccccc2)s1. The first-order chi connectivity index (χ1) is 14.4. The molecule has 2 aromatic carbocycles. The van der Waals surface area contributed by atoms with Crippen LogP contribution in [0.2, 0.25) is 0 Å². The number of methoxy groups -OCH3 is 1. The molecule has 156 valence electrons. The highest BCUT2D eigenvalue weighted by molar-refractivity contribution is 7.94. The molecule has 0 fully saturated rings. The fraction of sp³-hybridized carbons (Fsp3) is 0.150. The lowest BCUT2D eigenvalue weighted by Gasteiger charge is -2.21. The molecule has 3 rings (SSSR count). The normalized spacial score (nSPS) is 11.4. The fourth-order valence-corrected chi connectivity index (χ4v) is 5.06. The first-order valence-corrected chi connectivity index (χ1v) is 11.2. The Labute approximate surface area is 178 Å². The van der Waals surface area contributed by atoms with Crippen LogP contribution in [0.5, 0.6) is 5.75 Å². The zero-order valence-corrected chi connectivity index (χ0v) is 18.0. The average molecular weight is 445 g/mol.